The van der Waals surface area contributed by atoms with Crippen LogP contribution in [0.1, 0.15) is 0 Å². The molecule has 1 aromatic carbocycles. The first kappa shape index (κ1) is 11.2. The normalized spacial score (nSPS) is 11.4. The van der Waals surface area contributed by atoms with E-state index in [1.165, 1.54) is 12.1 Å². The van der Waals surface area contributed by atoms with E-state index in [1.807, 2.05) is 0 Å². The van der Waals surface area contributed by atoms with Gasteiger partial charge in [0.25, 0.3) is 0 Å². The van der Waals surface area contributed by atoms with Gasteiger partial charge in [0.2, 0.25) is 0 Å². The smallest absolute Gasteiger partial charge is 0.275 e. The van der Waals surface area contributed by atoms with E-state index in [0.29, 0.717) is 4.90 Å². The van der Waals surface area contributed by atoms with E-state index in [1.54, 1.807) is 24.5 Å². The average molecular weight is 221 g/mol. The summed E-state index contributed by atoms with van der Waals surface area (Å²) in [6, 6.07) is 7.77. The Morgan fingerprint density at radius 3 is 2.21 bits per heavy atom. The summed E-state index contributed by atoms with van der Waals surface area (Å²) in [5.41, 5.74) is 0.175. The second-order valence-electron chi connectivity index (χ2n) is 2.65. The number of hydrogen-bond donors (Lipinski definition) is 0. The molecular weight excluding hydrogens is 211 g/mol. The third kappa shape index (κ3) is 2.83. The molecule has 0 spiro atoms. The standard InChI is InChI=1S/C9H10F3NS/c1-14-7-13(9(10,11)12)8-5-3-2-4-6-8/h2-6H,7H2,1H3. The molecule has 0 bridgehead atoms. The van der Waals surface area contributed by atoms with Crippen LogP contribution in [-0.2, 0) is 0 Å². The van der Waals surface area contributed by atoms with Gasteiger partial charge in [-0.3, -0.25) is 4.90 Å². The van der Waals surface area contributed by atoms with Crippen molar-refractivity contribution in [1.82, 2.24) is 0 Å². The van der Waals surface area contributed by atoms with Crippen molar-refractivity contribution in [2.24, 2.45) is 0 Å². The van der Waals surface area contributed by atoms with Gasteiger partial charge < -0.3 is 0 Å². The van der Waals surface area contributed by atoms with Crippen LogP contribution >= 0.6 is 11.8 Å². The van der Waals surface area contributed by atoms with Crippen molar-refractivity contribution < 1.29 is 13.2 Å². The summed E-state index contributed by atoms with van der Waals surface area (Å²) in [5.74, 6) is -0.0898. The second kappa shape index (κ2) is 4.59. The zero-order chi connectivity index (χ0) is 10.6. The zero-order valence-corrected chi connectivity index (χ0v) is 8.40. The van der Waals surface area contributed by atoms with Crippen molar-refractivity contribution in [2.75, 3.05) is 17.0 Å². The Labute approximate surface area is 84.9 Å². The fourth-order valence-electron chi connectivity index (χ4n) is 1.03. The quantitative estimate of drug-likeness (QED) is 0.569. The molecule has 5 heteroatoms. The third-order valence-electron chi connectivity index (χ3n) is 1.63. The van der Waals surface area contributed by atoms with Gasteiger partial charge in [0, 0.05) is 5.69 Å². The minimum absolute atomic E-state index is 0.0898. The molecule has 0 N–H and O–H groups in total. The molecule has 78 valence electrons. The van der Waals surface area contributed by atoms with Gasteiger partial charge in [0.1, 0.15) is 0 Å². The highest BCUT2D eigenvalue weighted by molar-refractivity contribution is 7.98. The lowest BCUT2D eigenvalue weighted by atomic mass is 10.3. The molecule has 0 aromatic heterocycles. The predicted molar refractivity (Wildman–Crippen MR) is 53.4 cm³/mol. The summed E-state index contributed by atoms with van der Waals surface area (Å²) in [6.45, 7) is 0. The van der Waals surface area contributed by atoms with E-state index >= 15 is 0 Å². The van der Waals surface area contributed by atoms with Crippen LogP contribution < -0.4 is 4.90 Å². The lowest BCUT2D eigenvalue weighted by Gasteiger charge is -2.25. The fourth-order valence-corrected chi connectivity index (χ4v) is 1.58. The molecule has 0 aliphatic heterocycles. The Balaban J connectivity index is 2.89. The van der Waals surface area contributed by atoms with E-state index in [9.17, 15) is 13.2 Å². The Hall–Kier alpha value is -0.840. The van der Waals surface area contributed by atoms with Gasteiger partial charge >= 0.3 is 6.30 Å². The second-order valence-corrected chi connectivity index (χ2v) is 3.48. The Kier molecular flexibility index (Phi) is 3.69. The minimum atomic E-state index is -4.32. The van der Waals surface area contributed by atoms with Crippen LogP contribution in [0.4, 0.5) is 18.9 Å². The van der Waals surface area contributed by atoms with Crippen LogP contribution in [0, 0.1) is 0 Å². The van der Waals surface area contributed by atoms with Gasteiger partial charge in [-0.05, 0) is 18.4 Å². The average Bonchev–Trinajstić information content (AvgIpc) is 2.14. The van der Waals surface area contributed by atoms with Crippen LogP contribution in [0.3, 0.4) is 0 Å². The number of anilines is 1. The summed E-state index contributed by atoms with van der Waals surface area (Å²) < 4.78 is 37.5. The highest BCUT2D eigenvalue weighted by atomic mass is 32.2. The maximum atomic E-state index is 12.5. The number of halogens is 3. The molecule has 0 aliphatic carbocycles. The molecule has 0 saturated carbocycles. The molecule has 0 atom stereocenters. The molecule has 0 saturated heterocycles. The van der Waals surface area contributed by atoms with Crippen molar-refractivity contribution in [2.45, 2.75) is 6.30 Å². The first-order valence-electron chi connectivity index (χ1n) is 3.94. The van der Waals surface area contributed by atoms with E-state index in [-0.39, 0.29) is 11.6 Å². The highest BCUT2D eigenvalue weighted by Gasteiger charge is 2.36. The van der Waals surface area contributed by atoms with Crippen molar-refractivity contribution in [3.05, 3.63) is 30.3 Å². The summed E-state index contributed by atoms with van der Waals surface area (Å²) in [4.78, 5) is 0.414. The SMILES string of the molecule is CSCN(c1ccccc1)C(F)(F)F. The highest BCUT2D eigenvalue weighted by Crippen LogP contribution is 2.29. The van der Waals surface area contributed by atoms with Gasteiger partial charge in [-0.15, -0.1) is 11.8 Å². The molecule has 1 rings (SSSR count). The predicted octanol–water partition coefficient (Wildman–Crippen LogP) is 3.33. The van der Waals surface area contributed by atoms with Crippen molar-refractivity contribution in [3.8, 4) is 0 Å². The van der Waals surface area contributed by atoms with Gasteiger partial charge in [-0.25, -0.2) is 0 Å². The summed E-state index contributed by atoms with van der Waals surface area (Å²) in [7, 11) is 0. The zero-order valence-electron chi connectivity index (χ0n) is 7.58. The molecule has 0 amide bonds. The molecule has 0 aliphatic rings. The number of rotatable bonds is 3. The molecule has 0 unspecified atom stereocenters. The fraction of sp³-hybridized carbons (Fsp3) is 0.333. The molecule has 1 nitrogen and oxygen atoms in total. The Morgan fingerprint density at radius 1 is 1.21 bits per heavy atom. The monoisotopic (exact) mass is 221 g/mol. The van der Waals surface area contributed by atoms with Crippen LogP contribution in [0.25, 0.3) is 0 Å². The molecule has 1 aromatic rings. The van der Waals surface area contributed by atoms with Crippen molar-refractivity contribution in [1.29, 1.82) is 0 Å². The molecule has 0 radical (unpaired) electrons. The number of hydrogen-bond acceptors (Lipinski definition) is 2. The van der Waals surface area contributed by atoms with Crippen LogP contribution in [0.5, 0.6) is 0 Å². The summed E-state index contributed by atoms with van der Waals surface area (Å²) in [5, 5.41) is 0. The van der Waals surface area contributed by atoms with Crippen molar-refractivity contribution in [3.63, 3.8) is 0 Å². The molecule has 14 heavy (non-hydrogen) atoms. The Morgan fingerprint density at radius 2 is 1.79 bits per heavy atom. The van der Waals surface area contributed by atoms with Crippen LogP contribution in [0.15, 0.2) is 30.3 Å². The first-order chi connectivity index (χ1) is 6.55. The Bertz CT molecular complexity index is 273. The maximum absolute atomic E-state index is 12.5. The number of thioether (sulfide) groups is 1. The van der Waals surface area contributed by atoms with Crippen LogP contribution in [-0.4, -0.2) is 18.4 Å². The van der Waals surface area contributed by atoms with E-state index in [4.69, 9.17) is 0 Å². The first-order valence-corrected chi connectivity index (χ1v) is 5.33. The third-order valence-corrected chi connectivity index (χ3v) is 2.15. The lowest BCUT2D eigenvalue weighted by Crippen LogP contribution is -2.37. The molecular formula is C9H10F3NS. The maximum Gasteiger partial charge on any atom is 0.485 e. The molecule has 0 fully saturated rings. The van der Waals surface area contributed by atoms with E-state index in [0.717, 1.165) is 11.8 Å². The minimum Gasteiger partial charge on any atom is -0.275 e. The van der Waals surface area contributed by atoms with Crippen molar-refractivity contribution >= 4 is 17.4 Å². The van der Waals surface area contributed by atoms with Gasteiger partial charge in [-0.2, -0.15) is 13.2 Å². The molecule has 0 heterocycles. The van der Waals surface area contributed by atoms with E-state index in [2.05, 4.69) is 0 Å². The van der Waals surface area contributed by atoms with Gasteiger partial charge in [0.05, 0.1) is 5.88 Å². The number of alkyl halides is 3. The van der Waals surface area contributed by atoms with E-state index < -0.39 is 6.30 Å². The number of benzene rings is 1. The topological polar surface area (TPSA) is 3.24 Å². The van der Waals surface area contributed by atoms with Gasteiger partial charge in [0.15, 0.2) is 0 Å². The van der Waals surface area contributed by atoms with Crippen LogP contribution in [0.2, 0.25) is 0 Å². The largest absolute Gasteiger partial charge is 0.485 e. The number of para-hydroxylation sites is 1. The summed E-state index contributed by atoms with van der Waals surface area (Å²) in [6.07, 6.45) is -2.67. The van der Waals surface area contributed by atoms with Gasteiger partial charge in [-0.1, -0.05) is 18.2 Å². The number of nitrogens with zero attached hydrogens (tertiary/aromatic N) is 1. The summed E-state index contributed by atoms with van der Waals surface area (Å²) >= 11 is 1.14. The lowest BCUT2D eigenvalue weighted by molar-refractivity contribution is -0.126.